The predicted molar refractivity (Wildman–Crippen MR) is 210 cm³/mol. The summed E-state index contributed by atoms with van der Waals surface area (Å²) in [5, 5.41) is 23.2. The average Bonchev–Trinajstić information content (AvgIpc) is 3.83. The van der Waals surface area contributed by atoms with Crippen molar-refractivity contribution in [2.24, 2.45) is 5.92 Å². The minimum absolute atomic E-state index is 0.00296. The molecule has 6 atom stereocenters. The first-order chi connectivity index (χ1) is 27.9. The monoisotopic (exact) mass is 797 g/mol. The Labute approximate surface area is 332 Å². The maximum atomic E-state index is 13.1. The van der Waals surface area contributed by atoms with Crippen LogP contribution in [0.3, 0.4) is 0 Å². The van der Waals surface area contributed by atoms with Gasteiger partial charge >= 0.3 is 11.4 Å². The second-order valence-electron chi connectivity index (χ2n) is 14.6. The first-order valence-corrected chi connectivity index (χ1v) is 19.0. The van der Waals surface area contributed by atoms with E-state index < -0.39 is 59.0 Å². The van der Waals surface area contributed by atoms with E-state index in [1.54, 1.807) is 28.1 Å². The van der Waals surface area contributed by atoms with Gasteiger partial charge in [-0.1, -0.05) is 72.8 Å². The molecule has 306 valence electrons. The van der Waals surface area contributed by atoms with Crippen LogP contribution in [0, 0.1) is 19.8 Å². The number of nitrogens with zero attached hydrogens (tertiary/aromatic N) is 3. The Balaban J connectivity index is 1.21. The molecule has 2 aromatic heterocycles. The predicted octanol–water partition coefficient (Wildman–Crippen LogP) is 3.32. The summed E-state index contributed by atoms with van der Waals surface area (Å²) in [5.41, 5.74) is -0.731. The lowest BCUT2D eigenvalue weighted by atomic mass is 9.79. The number of nitrogens with one attached hydrogen (secondary N) is 2. The standard InChI is InChI=1S/C42H47N5O11/c1-25-22-45(40(51)43-37(25)49)34-20-27(18-19-47(53)39-31(48)21-35(58-39)46-23-26(2)38(50)44-41(46)52)33(57-34)24-56-42(28-12-7-5-8-13-28,29-14-9-6-10-15-29)30-16-11-17-32(54-3)36(30)55-4/h5-17,22-23,27,31,33-35,39,48,53H,18-21,24H2,1-4H3,(H,43,49,51)(H,44,50,52)/t27-,31?,33+,34+,35?,39?/m0/s1. The smallest absolute Gasteiger partial charge is 0.330 e. The number of benzene rings is 3. The van der Waals surface area contributed by atoms with E-state index in [0.29, 0.717) is 35.5 Å². The van der Waals surface area contributed by atoms with Gasteiger partial charge in [-0.05, 0) is 49.8 Å². The molecular weight excluding hydrogens is 750 g/mol. The Morgan fingerprint density at radius 2 is 1.34 bits per heavy atom. The Hall–Kier alpha value is -5.62. The van der Waals surface area contributed by atoms with Gasteiger partial charge in [0.15, 0.2) is 17.7 Å². The van der Waals surface area contributed by atoms with Crippen molar-refractivity contribution >= 4 is 0 Å². The number of ether oxygens (including phenoxy) is 5. The summed E-state index contributed by atoms with van der Waals surface area (Å²) in [7, 11) is 3.14. The van der Waals surface area contributed by atoms with Crippen LogP contribution in [-0.4, -0.2) is 80.3 Å². The molecule has 0 saturated carbocycles. The molecule has 58 heavy (non-hydrogen) atoms. The van der Waals surface area contributed by atoms with Crippen molar-refractivity contribution in [1.82, 2.24) is 24.2 Å². The molecule has 5 aromatic rings. The SMILES string of the molecule is COc1cccc(C(OC[C@H]2O[C@@H](n3cc(C)c(=O)[nH]c3=O)C[C@@H]2CCN(O)C2OC(n3cc(C)c(=O)[nH]c3=O)CC2O)(c2ccccc2)c2ccccc2)c1OC. The first-order valence-electron chi connectivity index (χ1n) is 19.0. The number of hydroxylamine groups is 2. The summed E-state index contributed by atoms with van der Waals surface area (Å²) in [6, 6.07) is 25.0. The molecule has 0 aliphatic carbocycles. The van der Waals surface area contributed by atoms with Crippen LogP contribution >= 0.6 is 0 Å². The molecule has 4 heterocycles. The number of methoxy groups -OCH3 is 2. The average molecular weight is 798 g/mol. The maximum absolute atomic E-state index is 13.1. The summed E-state index contributed by atoms with van der Waals surface area (Å²) in [6.07, 6.45) is -1.34. The van der Waals surface area contributed by atoms with Crippen LogP contribution in [0.15, 0.2) is 110 Å². The van der Waals surface area contributed by atoms with Crippen LogP contribution in [0.5, 0.6) is 11.5 Å². The summed E-state index contributed by atoms with van der Waals surface area (Å²) in [5.74, 6) is 0.636. The Morgan fingerprint density at radius 1 is 0.776 bits per heavy atom. The molecule has 2 fully saturated rings. The Bertz CT molecular complexity index is 2410. The highest BCUT2D eigenvalue weighted by Gasteiger charge is 2.45. The van der Waals surface area contributed by atoms with Crippen molar-refractivity contribution in [1.29, 1.82) is 0 Å². The third-order valence-corrected chi connectivity index (χ3v) is 11.0. The van der Waals surface area contributed by atoms with Crippen LogP contribution in [-0.2, 0) is 19.8 Å². The lowest BCUT2D eigenvalue weighted by Crippen LogP contribution is -2.41. The minimum atomic E-state index is -1.27. The fourth-order valence-corrected chi connectivity index (χ4v) is 7.98. The number of aryl methyl sites for hydroxylation is 2. The number of para-hydroxylation sites is 1. The zero-order valence-electron chi connectivity index (χ0n) is 32.6. The highest BCUT2D eigenvalue weighted by Crippen LogP contribution is 2.48. The van der Waals surface area contributed by atoms with Gasteiger partial charge in [0.2, 0.25) is 0 Å². The van der Waals surface area contributed by atoms with E-state index in [9.17, 15) is 29.5 Å². The minimum Gasteiger partial charge on any atom is -0.493 e. The van der Waals surface area contributed by atoms with Crippen LogP contribution in [0.2, 0.25) is 0 Å². The van der Waals surface area contributed by atoms with Gasteiger partial charge in [-0.2, -0.15) is 5.06 Å². The number of aliphatic hydroxyl groups excluding tert-OH is 1. The zero-order chi connectivity index (χ0) is 41.1. The van der Waals surface area contributed by atoms with Crippen LogP contribution in [0.4, 0.5) is 0 Å². The van der Waals surface area contributed by atoms with Gasteiger partial charge < -0.3 is 34.0 Å². The Kier molecular flexibility index (Phi) is 11.9. The van der Waals surface area contributed by atoms with Gasteiger partial charge in [-0.25, -0.2) is 9.59 Å². The largest absolute Gasteiger partial charge is 0.493 e. The molecule has 4 N–H and O–H groups in total. The number of rotatable bonds is 14. The molecule has 16 heteroatoms. The number of H-pyrrole nitrogens is 2. The molecule has 2 aliphatic rings. The maximum Gasteiger partial charge on any atom is 0.330 e. The van der Waals surface area contributed by atoms with E-state index >= 15 is 0 Å². The fourth-order valence-electron chi connectivity index (χ4n) is 7.98. The lowest BCUT2D eigenvalue weighted by Gasteiger charge is -2.38. The van der Waals surface area contributed by atoms with Gasteiger partial charge in [0.25, 0.3) is 11.1 Å². The highest BCUT2D eigenvalue weighted by molar-refractivity contribution is 5.57. The van der Waals surface area contributed by atoms with Gasteiger partial charge in [0.1, 0.15) is 24.2 Å². The van der Waals surface area contributed by atoms with E-state index in [2.05, 4.69) is 9.97 Å². The van der Waals surface area contributed by atoms with E-state index in [4.69, 9.17) is 23.7 Å². The molecule has 3 aromatic carbocycles. The molecule has 7 rings (SSSR count). The van der Waals surface area contributed by atoms with Crippen molar-refractivity contribution in [3.63, 3.8) is 0 Å². The second kappa shape index (κ2) is 17.1. The molecule has 16 nitrogen and oxygen atoms in total. The van der Waals surface area contributed by atoms with Crippen LogP contribution in [0.1, 0.15) is 59.5 Å². The van der Waals surface area contributed by atoms with Crippen molar-refractivity contribution in [3.8, 4) is 11.5 Å². The Morgan fingerprint density at radius 3 is 1.90 bits per heavy atom. The summed E-state index contributed by atoms with van der Waals surface area (Å²) >= 11 is 0. The van der Waals surface area contributed by atoms with Gasteiger partial charge in [0.05, 0.1) is 26.9 Å². The van der Waals surface area contributed by atoms with Crippen molar-refractivity contribution in [2.75, 3.05) is 27.4 Å². The molecule has 2 saturated heterocycles. The first kappa shape index (κ1) is 40.6. The van der Waals surface area contributed by atoms with Crippen molar-refractivity contribution in [3.05, 3.63) is 161 Å². The quantitative estimate of drug-likeness (QED) is 0.0946. The van der Waals surface area contributed by atoms with Crippen molar-refractivity contribution < 1.29 is 34.0 Å². The summed E-state index contributed by atoms with van der Waals surface area (Å²) < 4.78 is 34.1. The van der Waals surface area contributed by atoms with E-state index in [-0.39, 0.29) is 31.1 Å². The van der Waals surface area contributed by atoms with E-state index in [0.717, 1.165) is 16.2 Å². The van der Waals surface area contributed by atoms with Crippen molar-refractivity contribution in [2.45, 2.75) is 69.6 Å². The highest BCUT2D eigenvalue weighted by atomic mass is 16.6. The van der Waals surface area contributed by atoms with E-state index in [1.165, 1.54) is 21.5 Å². The summed E-state index contributed by atoms with van der Waals surface area (Å²) in [6.45, 7) is 3.14. The number of hydrogen-bond acceptors (Lipinski definition) is 12. The number of hydrogen-bond donors (Lipinski definition) is 4. The molecular formula is C42H47N5O11. The van der Waals surface area contributed by atoms with E-state index in [1.807, 2.05) is 78.9 Å². The third-order valence-electron chi connectivity index (χ3n) is 11.0. The zero-order valence-corrected chi connectivity index (χ0v) is 32.6. The topological polar surface area (TPSA) is 200 Å². The molecule has 0 radical (unpaired) electrons. The van der Waals surface area contributed by atoms with Crippen LogP contribution < -0.4 is 32.0 Å². The third kappa shape index (κ3) is 7.81. The number of aromatic nitrogens is 4. The van der Waals surface area contributed by atoms with Gasteiger partial charge in [-0.3, -0.25) is 28.7 Å². The lowest BCUT2D eigenvalue weighted by molar-refractivity contribution is -0.237. The van der Waals surface area contributed by atoms with Gasteiger partial charge in [-0.15, -0.1) is 0 Å². The van der Waals surface area contributed by atoms with Crippen LogP contribution in [0.25, 0.3) is 0 Å². The second-order valence-corrected chi connectivity index (χ2v) is 14.6. The molecule has 0 bridgehead atoms. The molecule has 3 unspecified atom stereocenters. The normalized spacial score (nSPS) is 22.1. The molecule has 0 amide bonds. The number of aromatic amines is 2. The molecule has 2 aliphatic heterocycles. The molecule has 0 spiro atoms. The number of aliphatic hydroxyl groups is 1. The fraction of sp³-hybridized carbons (Fsp3) is 0.381. The van der Waals surface area contributed by atoms with Gasteiger partial charge in [0, 0.05) is 42.0 Å². The summed E-state index contributed by atoms with van der Waals surface area (Å²) in [4.78, 5) is 54.5.